The summed E-state index contributed by atoms with van der Waals surface area (Å²) in [5.74, 6) is 0. The average molecular weight is 314 g/mol. The van der Waals surface area contributed by atoms with Gasteiger partial charge in [-0.05, 0) is 46.6 Å². The lowest BCUT2D eigenvalue weighted by molar-refractivity contribution is 0.174. The Hall–Kier alpha value is -0.620. The molecule has 2 heterocycles. The SMILES string of the molecule is CCCNC(c1c(Cl)cnn1C)C1CN(C)CCCN1C. The van der Waals surface area contributed by atoms with Crippen LogP contribution in [0.4, 0.5) is 0 Å². The lowest BCUT2D eigenvalue weighted by Crippen LogP contribution is -2.48. The summed E-state index contributed by atoms with van der Waals surface area (Å²) in [4.78, 5) is 4.87. The lowest BCUT2D eigenvalue weighted by Gasteiger charge is -2.35. The lowest BCUT2D eigenvalue weighted by atomic mass is 10.0. The Morgan fingerprint density at radius 1 is 1.38 bits per heavy atom. The van der Waals surface area contributed by atoms with Gasteiger partial charge < -0.3 is 15.1 Å². The zero-order valence-electron chi connectivity index (χ0n) is 13.6. The van der Waals surface area contributed by atoms with E-state index in [1.165, 1.54) is 6.42 Å². The van der Waals surface area contributed by atoms with Crippen LogP contribution >= 0.6 is 11.6 Å². The number of nitrogens with one attached hydrogen (secondary N) is 1. The molecule has 1 aromatic heterocycles. The van der Waals surface area contributed by atoms with Gasteiger partial charge in [-0.1, -0.05) is 18.5 Å². The first-order chi connectivity index (χ1) is 10.0. The van der Waals surface area contributed by atoms with Gasteiger partial charge in [-0.25, -0.2) is 0 Å². The normalized spacial score (nSPS) is 23.2. The fourth-order valence-corrected chi connectivity index (χ4v) is 3.43. The second-order valence-electron chi connectivity index (χ2n) is 6.10. The highest BCUT2D eigenvalue weighted by Gasteiger charge is 2.32. The van der Waals surface area contributed by atoms with Crippen LogP contribution in [0.1, 0.15) is 31.5 Å². The fraction of sp³-hybridized carbons (Fsp3) is 0.800. The van der Waals surface area contributed by atoms with E-state index in [-0.39, 0.29) is 6.04 Å². The largest absolute Gasteiger partial charge is 0.307 e. The molecule has 120 valence electrons. The van der Waals surface area contributed by atoms with Gasteiger partial charge in [-0.3, -0.25) is 4.68 Å². The molecule has 0 aliphatic carbocycles. The standard InChI is InChI=1S/C15H28ClN5/c1-5-7-17-14(15-12(16)10-18-21(15)4)13-11-19(2)8-6-9-20(13)3/h10,13-14,17H,5-9,11H2,1-4H3. The molecule has 1 fully saturated rings. The molecule has 0 radical (unpaired) electrons. The van der Waals surface area contributed by atoms with E-state index in [0.717, 1.165) is 43.3 Å². The van der Waals surface area contributed by atoms with Crippen LogP contribution in [-0.4, -0.2) is 65.9 Å². The highest BCUT2D eigenvalue weighted by molar-refractivity contribution is 6.31. The third-order valence-electron chi connectivity index (χ3n) is 4.35. The van der Waals surface area contributed by atoms with Crippen LogP contribution in [0.5, 0.6) is 0 Å². The zero-order valence-corrected chi connectivity index (χ0v) is 14.4. The summed E-state index contributed by atoms with van der Waals surface area (Å²) >= 11 is 6.41. The zero-order chi connectivity index (χ0) is 15.4. The molecule has 2 atom stereocenters. The number of hydrogen-bond acceptors (Lipinski definition) is 4. The molecule has 0 spiro atoms. The molecule has 0 aromatic carbocycles. The first kappa shape index (κ1) is 16.7. The summed E-state index contributed by atoms with van der Waals surface area (Å²) in [6.07, 6.45) is 4.07. The maximum absolute atomic E-state index is 6.41. The molecule has 2 unspecified atom stereocenters. The van der Waals surface area contributed by atoms with Crippen LogP contribution in [0.25, 0.3) is 0 Å². The molecule has 2 rings (SSSR count). The third kappa shape index (κ3) is 3.97. The van der Waals surface area contributed by atoms with Gasteiger partial charge in [0, 0.05) is 19.6 Å². The molecule has 1 aromatic rings. The summed E-state index contributed by atoms with van der Waals surface area (Å²) < 4.78 is 1.91. The number of nitrogens with zero attached hydrogens (tertiary/aromatic N) is 4. The van der Waals surface area contributed by atoms with E-state index in [9.17, 15) is 0 Å². The smallest absolute Gasteiger partial charge is 0.0834 e. The van der Waals surface area contributed by atoms with Gasteiger partial charge >= 0.3 is 0 Å². The molecule has 1 aliphatic rings. The molecule has 5 nitrogen and oxygen atoms in total. The van der Waals surface area contributed by atoms with Crippen molar-refractivity contribution in [3.05, 3.63) is 16.9 Å². The summed E-state index contributed by atoms with van der Waals surface area (Å²) in [6.45, 7) is 6.49. The van der Waals surface area contributed by atoms with Crippen molar-refractivity contribution in [1.82, 2.24) is 24.9 Å². The Bertz CT molecular complexity index is 428. The molecule has 6 heteroatoms. The van der Waals surface area contributed by atoms with Crippen molar-refractivity contribution in [2.24, 2.45) is 7.05 Å². The number of aromatic nitrogens is 2. The van der Waals surface area contributed by atoms with Gasteiger partial charge in [-0.2, -0.15) is 5.10 Å². The highest BCUT2D eigenvalue weighted by atomic mass is 35.5. The Kier molecular flexibility index (Phi) is 6.05. The summed E-state index contributed by atoms with van der Waals surface area (Å²) in [7, 11) is 6.39. The predicted octanol–water partition coefficient (Wildman–Crippen LogP) is 1.75. The molecule has 1 N–H and O–H groups in total. The number of hydrogen-bond donors (Lipinski definition) is 1. The van der Waals surface area contributed by atoms with Crippen LogP contribution in [-0.2, 0) is 7.05 Å². The van der Waals surface area contributed by atoms with Crippen molar-refractivity contribution in [3.8, 4) is 0 Å². The minimum absolute atomic E-state index is 0.204. The number of aryl methyl sites for hydroxylation is 1. The van der Waals surface area contributed by atoms with Crippen LogP contribution in [0.3, 0.4) is 0 Å². The van der Waals surface area contributed by atoms with E-state index in [4.69, 9.17) is 11.6 Å². The van der Waals surface area contributed by atoms with Gasteiger partial charge in [-0.15, -0.1) is 0 Å². The number of likely N-dealkylation sites (N-methyl/N-ethyl adjacent to an activating group) is 2. The van der Waals surface area contributed by atoms with Gasteiger partial charge in [0.1, 0.15) is 0 Å². The Balaban J connectivity index is 2.29. The minimum Gasteiger partial charge on any atom is -0.307 e. The fourth-order valence-electron chi connectivity index (χ4n) is 3.15. The van der Waals surface area contributed by atoms with E-state index in [0.29, 0.717) is 6.04 Å². The molecule has 0 bridgehead atoms. The maximum Gasteiger partial charge on any atom is 0.0834 e. The minimum atomic E-state index is 0.204. The maximum atomic E-state index is 6.41. The molecule has 0 amide bonds. The summed E-state index contributed by atoms with van der Waals surface area (Å²) in [6, 6.07) is 0.604. The van der Waals surface area contributed by atoms with E-state index in [1.54, 1.807) is 6.20 Å². The van der Waals surface area contributed by atoms with Crippen molar-refractivity contribution < 1.29 is 0 Å². The van der Waals surface area contributed by atoms with Crippen molar-refractivity contribution in [2.75, 3.05) is 40.3 Å². The molecular weight excluding hydrogens is 286 g/mol. The summed E-state index contributed by atoms with van der Waals surface area (Å²) in [5.41, 5.74) is 1.09. The molecule has 21 heavy (non-hydrogen) atoms. The summed E-state index contributed by atoms with van der Waals surface area (Å²) in [5, 5.41) is 8.76. The first-order valence-corrected chi connectivity index (χ1v) is 8.22. The molecule has 1 aliphatic heterocycles. The number of halogens is 1. The van der Waals surface area contributed by atoms with E-state index in [1.807, 2.05) is 11.7 Å². The van der Waals surface area contributed by atoms with Crippen molar-refractivity contribution in [3.63, 3.8) is 0 Å². The third-order valence-corrected chi connectivity index (χ3v) is 4.64. The predicted molar refractivity (Wildman–Crippen MR) is 87.8 cm³/mol. The van der Waals surface area contributed by atoms with E-state index in [2.05, 4.69) is 41.2 Å². The quantitative estimate of drug-likeness (QED) is 0.898. The molecular formula is C15H28ClN5. The van der Waals surface area contributed by atoms with Crippen molar-refractivity contribution in [1.29, 1.82) is 0 Å². The van der Waals surface area contributed by atoms with Gasteiger partial charge in [0.05, 0.1) is 23.0 Å². The average Bonchev–Trinajstić information content (AvgIpc) is 2.67. The number of rotatable bonds is 5. The van der Waals surface area contributed by atoms with E-state index >= 15 is 0 Å². The van der Waals surface area contributed by atoms with Gasteiger partial charge in [0.15, 0.2) is 0 Å². The van der Waals surface area contributed by atoms with Crippen LogP contribution < -0.4 is 5.32 Å². The van der Waals surface area contributed by atoms with Crippen LogP contribution in [0.15, 0.2) is 6.20 Å². The van der Waals surface area contributed by atoms with Crippen LogP contribution in [0.2, 0.25) is 5.02 Å². The first-order valence-electron chi connectivity index (χ1n) is 7.84. The second-order valence-corrected chi connectivity index (χ2v) is 6.50. The van der Waals surface area contributed by atoms with E-state index < -0.39 is 0 Å². The van der Waals surface area contributed by atoms with Gasteiger partial charge in [0.2, 0.25) is 0 Å². The highest BCUT2D eigenvalue weighted by Crippen LogP contribution is 2.28. The monoisotopic (exact) mass is 313 g/mol. The molecule has 0 saturated carbocycles. The van der Waals surface area contributed by atoms with Gasteiger partial charge in [0.25, 0.3) is 0 Å². The van der Waals surface area contributed by atoms with Crippen molar-refractivity contribution in [2.45, 2.75) is 31.8 Å². The Morgan fingerprint density at radius 3 is 2.76 bits per heavy atom. The Morgan fingerprint density at radius 2 is 2.14 bits per heavy atom. The Labute approximate surface area is 133 Å². The second kappa shape index (κ2) is 7.58. The van der Waals surface area contributed by atoms with Crippen molar-refractivity contribution >= 4 is 11.6 Å². The van der Waals surface area contributed by atoms with Crippen LogP contribution in [0, 0.1) is 0 Å². The molecule has 1 saturated heterocycles. The topological polar surface area (TPSA) is 36.3 Å².